The summed E-state index contributed by atoms with van der Waals surface area (Å²) in [6.45, 7) is 0. The van der Waals surface area contributed by atoms with E-state index in [9.17, 15) is 9.90 Å². The van der Waals surface area contributed by atoms with E-state index < -0.39 is 12.1 Å². The minimum absolute atomic E-state index is 0.687. The molecule has 2 N–H and O–H groups in total. The molecule has 0 aromatic carbocycles. The zero-order valence-electron chi connectivity index (χ0n) is 7.70. The van der Waals surface area contributed by atoms with Crippen LogP contribution in [0.3, 0.4) is 0 Å². The molecule has 74 valence electrons. The first-order valence-electron chi connectivity index (χ1n) is 4.81. The monoisotopic (exact) mass is 184 g/mol. The molecule has 13 heavy (non-hydrogen) atoms. The Labute approximate surface area is 78.1 Å². The SMILES string of the molecule is O=C(O)C(O)C1=CCCCCCC1. The molecule has 0 radical (unpaired) electrons. The number of hydrogen-bond donors (Lipinski definition) is 2. The van der Waals surface area contributed by atoms with Crippen molar-refractivity contribution < 1.29 is 15.0 Å². The molecule has 0 spiro atoms. The molecule has 3 heteroatoms. The van der Waals surface area contributed by atoms with Gasteiger partial charge in [-0.2, -0.15) is 0 Å². The summed E-state index contributed by atoms with van der Waals surface area (Å²) < 4.78 is 0. The van der Waals surface area contributed by atoms with Gasteiger partial charge in [-0.05, 0) is 31.3 Å². The number of hydrogen-bond acceptors (Lipinski definition) is 2. The van der Waals surface area contributed by atoms with Crippen LogP contribution in [0.15, 0.2) is 11.6 Å². The lowest BCUT2D eigenvalue weighted by molar-refractivity contribution is -0.144. The van der Waals surface area contributed by atoms with Crippen LogP contribution in [0.1, 0.15) is 38.5 Å². The summed E-state index contributed by atoms with van der Waals surface area (Å²) in [6, 6.07) is 0. The van der Waals surface area contributed by atoms with Gasteiger partial charge in [-0.15, -0.1) is 0 Å². The molecule has 1 unspecified atom stereocenters. The first kappa shape index (κ1) is 10.3. The van der Waals surface area contributed by atoms with E-state index in [4.69, 9.17) is 5.11 Å². The van der Waals surface area contributed by atoms with E-state index in [1.165, 1.54) is 6.42 Å². The summed E-state index contributed by atoms with van der Waals surface area (Å²) in [4.78, 5) is 10.5. The fourth-order valence-electron chi connectivity index (χ4n) is 1.62. The largest absolute Gasteiger partial charge is 0.479 e. The van der Waals surface area contributed by atoms with Crippen LogP contribution < -0.4 is 0 Å². The number of rotatable bonds is 2. The van der Waals surface area contributed by atoms with Crippen molar-refractivity contribution in [3.05, 3.63) is 11.6 Å². The normalized spacial score (nSPS) is 21.2. The predicted molar refractivity (Wildman–Crippen MR) is 49.4 cm³/mol. The Kier molecular flexibility index (Phi) is 3.96. The van der Waals surface area contributed by atoms with Crippen molar-refractivity contribution in [2.75, 3.05) is 0 Å². The third-order valence-corrected chi connectivity index (χ3v) is 2.41. The van der Waals surface area contributed by atoms with Crippen LogP contribution in [0, 0.1) is 0 Å². The van der Waals surface area contributed by atoms with Crippen molar-refractivity contribution in [3.63, 3.8) is 0 Å². The van der Waals surface area contributed by atoms with Gasteiger partial charge in [0.1, 0.15) is 0 Å². The Balaban J connectivity index is 2.58. The number of aliphatic carboxylic acids is 1. The average molecular weight is 184 g/mol. The third kappa shape index (κ3) is 3.19. The summed E-state index contributed by atoms with van der Waals surface area (Å²) in [5.41, 5.74) is 0.687. The van der Waals surface area contributed by atoms with Crippen LogP contribution in [0.5, 0.6) is 0 Å². The molecule has 0 aromatic heterocycles. The van der Waals surface area contributed by atoms with Gasteiger partial charge in [0.25, 0.3) is 0 Å². The van der Waals surface area contributed by atoms with Crippen LogP contribution in [0.4, 0.5) is 0 Å². The Bertz CT molecular complexity index is 208. The molecule has 0 aliphatic heterocycles. The van der Waals surface area contributed by atoms with Gasteiger partial charge < -0.3 is 10.2 Å². The lowest BCUT2D eigenvalue weighted by Gasteiger charge is -2.13. The van der Waals surface area contributed by atoms with Gasteiger partial charge >= 0.3 is 5.97 Å². The molecule has 0 fully saturated rings. The topological polar surface area (TPSA) is 57.5 Å². The molecule has 0 aromatic rings. The molecule has 0 saturated carbocycles. The Morgan fingerprint density at radius 3 is 2.69 bits per heavy atom. The van der Waals surface area contributed by atoms with Crippen LogP contribution in [0.25, 0.3) is 0 Å². The van der Waals surface area contributed by atoms with Crippen LogP contribution in [0.2, 0.25) is 0 Å². The fourth-order valence-corrected chi connectivity index (χ4v) is 1.62. The van der Waals surface area contributed by atoms with Crippen molar-refractivity contribution in [2.24, 2.45) is 0 Å². The summed E-state index contributed by atoms with van der Waals surface area (Å²) in [5.74, 6) is -1.13. The summed E-state index contributed by atoms with van der Waals surface area (Å²) in [7, 11) is 0. The Hall–Kier alpha value is -0.830. The van der Waals surface area contributed by atoms with E-state index in [0.29, 0.717) is 5.57 Å². The van der Waals surface area contributed by atoms with Crippen molar-refractivity contribution in [3.8, 4) is 0 Å². The fraction of sp³-hybridized carbons (Fsp3) is 0.700. The highest BCUT2D eigenvalue weighted by atomic mass is 16.4. The maximum absolute atomic E-state index is 10.5. The van der Waals surface area contributed by atoms with Gasteiger partial charge in [0.15, 0.2) is 6.10 Å². The number of carboxylic acid groups (broad SMARTS) is 1. The van der Waals surface area contributed by atoms with Gasteiger partial charge in [-0.3, -0.25) is 0 Å². The number of carbonyl (C=O) groups is 1. The highest BCUT2D eigenvalue weighted by molar-refractivity contribution is 5.75. The quantitative estimate of drug-likeness (QED) is 0.642. The summed E-state index contributed by atoms with van der Waals surface area (Å²) in [6.07, 6.45) is 6.70. The standard InChI is InChI=1S/C10H16O3/c11-9(10(12)13)8-6-4-2-1-3-5-7-8/h6,9,11H,1-5,7H2,(H,12,13). The molecule has 1 aliphatic rings. The number of aliphatic hydroxyl groups excluding tert-OH is 1. The molecule has 0 saturated heterocycles. The molecular formula is C10H16O3. The maximum atomic E-state index is 10.5. The third-order valence-electron chi connectivity index (χ3n) is 2.41. The van der Waals surface area contributed by atoms with Gasteiger partial charge in [-0.25, -0.2) is 4.79 Å². The summed E-state index contributed by atoms with van der Waals surface area (Å²) >= 11 is 0. The van der Waals surface area contributed by atoms with Gasteiger partial charge in [0.2, 0.25) is 0 Å². The second kappa shape index (κ2) is 5.02. The lowest BCUT2D eigenvalue weighted by Crippen LogP contribution is -2.22. The molecule has 0 bridgehead atoms. The van der Waals surface area contributed by atoms with Crippen molar-refractivity contribution in [2.45, 2.75) is 44.6 Å². The van der Waals surface area contributed by atoms with E-state index in [1.807, 2.05) is 6.08 Å². The Morgan fingerprint density at radius 1 is 1.31 bits per heavy atom. The molecule has 1 atom stereocenters. The van der Waals surface area contributed by atoms with E-state index >= 15 is 0 Å². The molecule has 1 rings (SSSR count). The second-order valence-corrected chi connectivity index (χ2v) is 3.47. The van der Waals surface area contributed by atoms with Crippen molar-refractivity contribution >= 4 is 5.97 Å². The average Bonchev–Trinajstić information content (AvgIpc) is 2.02. The number of allylic oxidation sites excluding steroid dienone is 1. The minimum atomic E-state index is -1.28. The minimum Gasteiger partial charge on any atom is -0.479 e. The van der Waals surface area contributed by atoms with E-state index in [0.717, 1.165) is 32.1 Å². The molecule has 0 heterocycles. The zero-order valence-corrected chi connectivity index (χ0v) is 7.70. The van der Waals surface area contributed by atoms with Crippen LogP contribution in [-0.2, 0) is 4.79 Å². The molecule has 0 amide bonds. The number of carboxylic acids is 1. The second-order valence-electron chi connectivity index (χ2n) is 3.47. The highest BCUT2D eigenvalue weighted by Crippen LogP contribution is 2.19. The van der Waals surface area contributed by atoms with E-state index in [-0.39, 0.29) is 0 Å². The summed E-state index contributed by atoms with van der Waals surface area (Å²) in [5, 5.41) is 17.9. The van der Waals surface area contributed by atoms with Gasteiger partial charge in [0, 0.05) is 0 Å². The molecule has 3 nitrogen and oxygen atoms in total. The zero-order chi connectivity index (χ0) is 9.68. The van der Waals surface area contributed by atoms with Crippen molar-refractivity contribution in [1.82, 2.24) is 0 Å². The molecular weight excluding hydrogens is 168 g/mol. The van der Waals surface area contributed by atoms with Crippen LogP contribution in [-0.4, -0.2) is 22.3 Å². The lowest BCUT2D eigenvalue weighted by atomic mass is 9.96. The Morgan fingerprint density at radius 2 is 2.00 bits per heavy atom. The maximum Gasteiger partial charge on any atom is 0.336 e. The molecule has 1 aliphatic carbocycles. The predicted octanol–water partition coefficient (Wildman–Crippen LogP) is 1.71. The first-order chi connectivity index (χ1) is 6.22. The smallest absolute Gasteiger partial charge is 0.336 e. The van der Waals surface area contributed by atoms with Gasteiger partial charge in [0.05, 0.1) is 0 Å². The highest BCUT2D eigenvalue weighted by Gasteiger charge is 2.18. The van der Waals surface area contributed by atoms with Gasteiger partial charge in [-0.1, -0.05) is 18.9 Å². The van der Waals surface area contributed by atoms with E-state index in [1.54, 1.807) is 0 Å². The van der Waals surface area contributed by atoms with Crippen LogP contribution >= 0.6 is 0 Å². The first-order valence-corrected chi connectivity index (χ1v) is 4.81. The number of aliphatic hydroxyl groups is 1. The van der Waals surface area contributed by atoms with Crippen molar-refractivity contribution in [1.29, 1.82) is 0 Å². The van der Waals surface area contributed by atoms with E-state index in [2.05, 4.69) is 0 Å².